The van der Waals surface area contributed by atoms with Gasteiger partial charge in [-0.05, 0) is 18.8 Å². The van der Waals surface area contributed by atoms with E-state index in [1.807, 2.05) is 18.7 Å². The zero-order valence-electron chi connectivity index (χ0n) is 8.92. The average molecular weight is 187 g/mol. The van der Waals surface area contributed by atoms with Gasteiger partial charge in [-0.3, -0.25) is 4.79 Å². The number of likely N-dealkylation sites (tertiary alicyclic amines) is 1. The maximum Gasteiger partial charge on any atom is 0.219 e. The third kappa shape index (κ3) is 4.27. The number of carbonyl (C=O) groups excluding carboxylic acids is 1. The number of hydrogen-bond acceptors (Lipinski definition) is 2. The fraction of sp³-hybridized carbons (Fsp3) is 0.900. The summed E-state index contributed by atoms with van der Waals surface area (Å²) in [6, 6.07) is 0. The number of nitrogens with zero attached hydrogens (tertiary/aromatic N) is 1. The molecule has 78 valence electrons. The number of aliphatic hydroxyl groups excluding tert-OH is 1. The molecule has 0 radical (unpaired) electrons. The Hall–Kier alpha value is -0.570. The van der Waals surface area contributed by atoms with Crippen molar-refractivity contribution in [1.82, 2.24) is 4.90 Å². The molecular weight excluding hydrogens is 166 g/mol. The monoisotopic (exact) mass is 187 g/mol. The predicted octanol–water partition coefficient (Wildman–Crippen LogP) is 1.26. The molecule has 1 rings (SSSR count). The maximum atomic E-state index is 10.9. The lowest BCUT2D eigenvalue weighted by molar-refractivity contribution is -0.130. The molecule has 1 atom stereocenters. The topological polar surface area (TPSA) is 40.5 Å². The van der Waals surface area contributed by atoms with Gasteiger partial charge in [-0.1, -0.05) is 13.8 Å². The van der Waals surface area contributed by atoms with Gasteiger partial charge in [0.25, 0.3) is 0 Å². The molecule has 0 aromatic carbocycles. The van der Waals surface area contributed by atoms with Crippen LogP contribution in [0.1, 0.15) is 33.6 Å². The highest BCUT2D eigenvalue weighted by molar-refractivity contribution is 5.73. The van der Waals surface area contributed by atoms with Gasteiger partial charge in [0.05, 0.1) is 0 Å². The molecule has 1 saturated heterocycles. The Balaban J connectivity index is 0.000000671. The molecule has 13 heavy (non-hydrogen) atoms. The number of piperidine rings is 1. The van der Waals surface area contributed by atoms with Crippen LogP contribution in [-0.2, 0) is 4.79 Å². The van der Waals surface area contributed by atoms with Crippen molar-refractivity contribution in [3.05, 3.63) is 0 Å². The van der Waals surface area contributed by atoms with Gasteiger partial charge in [-0.25, -0.2) is 0 Å². The normalized spacial score (nSPS) is 21.8. The number of rotatable bonds is 1. The number of carbonyl (C=O) groups is 1. The third-order valence-corrected chi connectivity index (χ3v) is 2.22. The van der Waals surface area contributed by atoms with E-state index in [2.05, 4.69) is 0 Å². The van der Waals surface area contributed by atoms with Gasteiger partial charge < -0.3 is 10.0 Å². The van der Waals surface area contributed by atoms with Crippen LogP contribution in [0.15, 0.2) is 0 Å². The zero-order valence-corrected chi connectivity index (χ0v) is 8.92. The molecule has 1 aliphatic heterocycles. The van der Waals surface area contributed by atoms with Gasteiger partial charge in [-0.15, -0.1) is 0 Å². The Morgan fingerprint density at radius 3 is 2.62 bits per heavy atom. The van der Waals surface area contributed by atoms with Crippen LogP contribution in [0.2, 0.25) is 0 Å². The molecule has 3 nitrogen and oxygen atoms in total. The molecule has 1 N–H and O–H groups in total. The van der Waals surface area contributed by atoms with E-state index in [9.17, 15) is 4.79 Å². The first-order chi connectivity index (χ1) is 6.24. The lowest BCUT2D eigenvalue weighted by atomic mass is 9.99. The second-order valence-electron chi connectivity index (χ2n) is 3.16. The minimum atomic E-state index is 0.128. The SMILES string of the molecule is CC.CC(=O)N1CCCC(CO)C1. The molecule has 0 bridgehead atoms. The van der Waals surface area contributed by atoms with E-state index in [1.54, 1.807) is 6.92 Å². The molecule has 1 amide bonds. The standard InChI is InChI=1S/C8H15NO2.C2H6/c1-7(11)9-4-2-3-8(5-9)6-10;1-2/h8,10H,2-6H2,1H3;1-2H3. The molecule has 0 saturated carbocycles. The van der Waals surface area contributed by atoms with Gasteiger partial charge in [0.2, 0.25) is 5.91 Å². The molecular formula is C10H21NO2. The van der Waals surface area contributed by atoms with Crippen molar-refractivity contribution >= 4 is 5.91 Å². The molecule has 0 spiro atoms. The van der Waals surface area contributed by atoms with Crippen molar-refractivity contribution in [2.45, 2.75) is 33.6 Å². The van der Waals surface area contributed by atoms with Crippen molar-refractivity contribution in [3.63, 3.8) is 0 Å². The molecule has 0 aromatic heterocycles. The molecule has 0 aromatic rings. The smallest absolute Gasteiger partial charge is 0.219 e. The van der Waals surface area contributed by atoms with Crippen LogP contribution in [0, 0.1) is 5.92 Å². The highest BCUT2D eigenvalue weighted by atomic mass is 16.3. The summed E-state index contributed by atoms with van der Waals surface area (Å²) in [5.41, 5.74) is 0. The zero-order chi connectivity index (χ0) is 10.3. The van der Waals surface area contributed by atoms with E-state index >= 15 is 0 Å². The summed E-state index contributed by atoms with van der Waals surface area (Å²) in [4.78, 5) is 12.7. The van der Waals surface area contributed by atoms with Crippen molar-refractivity contribution in [1.29, 1.82) is 0 Å². The van der Waals surface area contributed by atoms with Gasteiger partial charge in [0, 0.05) is 26.6 Å². The van der Waals surface area contributed by atoms with Crippen LogP contribution in [0.25, 0.3) is 0 Å². The fourth-order valence-electron chi connectivity index (χ4n) is 1.50. The average Bonchev–Trinajstić information content (AvgIpc) is 2.21. The summed E-state index contributed by atoms with van der Waals surface area (Å²) >= 11 is 0. The van der Waals surface area contributed by atoms with Gasteiger partial charge in [0.15, 0.2) is 0 Å². The first-order valence-corrected chi connectivity index (χ1v) is 5.10. The highest BCUT2D eigenvalue weighted by Gasteiger charge is 2.20. The maximum absolute atomic E-state index is 10.9. The first kappa shape index (κ1) is 12.4. The molecule has 1 fully saturated rings. The summed E-state index contributed by atoms with van der Waals surface area (Å²) in [6.07, 6.45) is 2.09. The van der Waals surface area contributed by atoms with Crippen LogP contribution >= 0.6 is 0 Å². The van der Waals surface area contributed by atoms with Crippen molar-refractivity contribution < 1.29 is 9.90 Å². The third-order valence-electron chi connectivity index (χ3n) is 2.22. The minimum Gasteiger partial charge on any atom is -0.396 e. The Morgan fingerprint density at radius 1 is 1.54 bits per heavy atom. The van der Waals surface area contributed by atoms with E-state index in [1.165, 1.54) is 0 Å². The van der Waals surface area contributed by atoms with Crippen LogP contribution in [-0.4, -0.2) is 35.6 Å². The van der Waals surface area contributed by atoms with Gasteiger partial charge in [0.1, 0.15) is 0 Å². The summed E-state index contributed by atoms with van der Waals surface area (Å²) in [5.74, 6) is 0.441. The predicted molar refractivity (Wildman–Crippen MR) is 53.4 cm³/mol. The van der Waals surface area contributed by atoms with Crippen molar-refractivity contribution in [2.75, 3.05) is 19.7 Å². The molecule has 1 unspecified atom stereocenters. The lowest BCUT2D eigenvalue weighted by Gasteiger charge is -2.30. The number of amides is 1. The Labute approximate surface area is 80.7 Å². The van der Waals surface area contributed by atoms with Crippen molar-refractivity contribution in [2.24, 2.45) is 5.92 Å². The largest absolute Gasteiger partial charge is 0.396 e. The van der Waals surface area contributed by atoms with Gasteiger partial charge in [-0.2, -0.15) is 0 Å². The minimum absolute atomic E-state index is 0.128. The lowest BCUT2D eigenvalue weighted by Crippen LogP contribution is -2.39. The van der Waals surface area contributed by atoms with E-state index in [0.29, 0.717) is 5.92 Å². The van der Waals surface area contributed by atoms with E-state index in [4.69, 9.17) is 5.11 Å². The molecule has 0 aliphatic carbocycles. The summed E-state index contributed by atoms with van der Waals surface area (Å²) in [7, 11) is 0. The van der Waals surface area contributed by atoms with E-state index < -0.39 is 0 Å². The molecule has 1 heterocycles. The van der Waals surface area contributed by atoms with Crippen LogP contribution in [0.4, 0.5) is 0 Å². The number of hydrogen-bond donors (Lipinski definition) is 1. The van der Waals surface area contributed by atoms with Gasteiger partial charge >= 0.3 is 0 Å². The second-order valence-corrected chi connectivity index (χ2v) is 3.16. The Morgan fingerprint density at radius 2 is 2.15 bits per heavy atom. The molecule has 3 heteroatoms. The quantitative estimate of drug-likeness (QED) is 0.671. The molecule has 1 aliphatic rings. The second kappa shape index (κ2) is 6.89. The highest BCUT2D eigenvalue weighted by Crippen LogP contribution is 2.15. The summed E-state index contributed by atoms with van der Waals surface area (Å²) in [6.45, 7) is 7.40. The fourth-order valence-corrected chi connectivity index (χ4v) is 1.50. The van der Waals surface area contributed by atoms with Crippen LogP contribution in [0.5, 0.6) is 0 Å². The summed E-state index contributed by atoms with van der Waals surface area (Å²) in [5, 5.41) is 8.85. The van der Waals surface area contributed by atoms with Crippen LogP contribution in [0.3, 0.4) is 0 Å². The Bertz CT molecular complexity index is 148. The Kier molecular flexibility index (Phi) is 6.59. The van der Waals surface area contributed by atoms with Crippen molar-refractivity contribution in [3.8, 4) is 0 Å². The number of aliphatic hydroxyl groups is 1. The van der Waals surface area contributed by atoms with E-state index in [-0.39, 0.29) is 12.5 Å². The first-order valence-electron chi connectivity index (χ1n) is 5.10. The summed E-state index contributed by atoms with van der Waals surface area (Å²) < 4.78 is 0. The van der Waals surface area contributed by atoms with E-state index in [0.717, 1.165) is 25.9 Å². The van der Waals surface area contributed by atoms with Crippen LogP contribution < -0.4 is 0 Å².